The van der Waals surface area contributed by atoms with Crippen LogP contribution in [0.1, 0.15) is 48.2 Å². The molecule has 0 aliphatic carbocycles. The molecule has 0 bridgehead atoms. The lowest BCUT2D eigenvalue weighted by Crippen LogP contribution is -2.51. The first-order valence-corrected chi connectivity index (χ1v) is 9.42. The smallest absolute Gasteiger partial charge is 0.417 e. The normalized spacial score (nSPS) is 14.1. The van der Waals surface area contributed by atoms with Gasteiger partial charge in [0.05, 0.1) is 7.11 Å². The molecule has 0 amide bonds. The molecule has 1 aromatic heterocycles. The molecular weight excluding hydrogens is 416 g/mol. The van der Waals surface area contributed by atoms with Crippen LogP contribution in [0.4, 0.5) is 17.6 Å². The predicted octanol–water partition coefficient (Wildman–Crippen LogP) is 4.21. The van der Waals surface area contributed by atoms with Crippen molar-refractivity contribution in [1.29, 1.82) is 5.26 Å². The molecule has 31 heavy (non-hydrogen) atoms. The SMILES string of the molecule is COc1ccc(F)cc1C(C)(C)CC(O)(Cc1c(C)[nH]c(=O)c(C#N)c1C)C(F)(F)F. The lowest BCUT2D eigenvalue weighted by molar-refractivity contribution is -0.266. The first-order chi connectivity index (χ1) is 14.2. The number of aromatic amines is 1. The number of hydrogen-bond acceptors (Lipinski definition) is 4. The Bertz CT molecular complexity index is 1080. The molecule has 2 N–H and O–H groups in total. The van der Waals surface area contributed by atoms with Gasteiger partial charge in [0.15, 0.2) is 5.60 Å². The Morgan fingerprint density at radius 1 is 1.23 bits per heavy atom. The number of benzene rings is 1. The fourth-order valence-electron chi connectivity index (χ4n) is 3.90. The third-order valence-electron chi connectivity index (χ3n) is 5.54. The summed E-state index contributed by atoms with van der Waals surface area (Å²) in [5.41, 5.74) is -5.19. The second-order valence-electron chi connectivity index (χ2n) is 8.28. The van der Waals surface area contributed by atoms with E-state index < -0.39 is 41.4 Å². The average Bonchev–Trinajstić information content (AvgIpc) is 2.64. The van der Waals surface area contributed by atoms with Crippen LogP contribution in [-0.4, -0.2) is 29.0 Å². The second kappa shape index (κ2) is 8.35. The highest BCUT2D eigenvalue weighted by atomic mass is 19.4. The van der Waals surface area contributed by atoms with E-state index in [0.29, 0.717) is 0 Å². The van der Waals surface area contributed by atoms with Crippen LogP contribution in [0.3, 0.4) is 0 Å². The fourth-order valence-corrected chi connectivity index (χ4v) is 3.90. The van der Waals surface area contributed by atoms with Gasteiger partial charge < -0.3 is 14.8 Å². The largest absolute Gasteiger partial charge is 0.496 e. The zero-order chi connectivity index (χ0) is 23.8. The molecule has 1 unspecified atom stereocenters. The third kappa shape index (κ3) is 4.74. The summed E-state index contributed by atoms with van der Waals surface area (Å²) in [6.07, 6.45) is -6.75. The number of aliphatic hydroxyl groups is 1. The van der Waals surface area contributed by atoms with Crippen molar-refractivity contribution in [2.45, 2.75) is 57.7 Å². The van der Waals surface area contributed by atoms with E-state index in [-0.39, 0.29) is 33.7 Å². The van der Waals surface area contributed by atoms with Crippen molar-refractivity contribution < 1.29 is 27.4 Å². The molecule has 2 rings (SSSR count). The van der Waals surface area contributed by atoms with Crippen LogP contribution >= 0.6 is 0 Å². The minimum absolute atomic E-state index is 0.0259. The zero-order valence-electron chi connectivity index (χ0n) is 17.9. The number of nitrogens with zero attached hydrogens (tertiary/aromatic N) is 1. The summed E-state index contributed by atoms with van der Waals surface area (Å²) in [5, 5.41) is 20.1. The molecule has 9 heteroatoms. The molecular formula is C22H24F4N2O3. The maximum atomic E-state index is 14.1. The number of alkyl halides is 3. The topological polar surface area (TPSA) is 86.1 Å². The van der Waals surface area contributed by atoms with Crippen molar-refractivity contribution in [2.75, 3.05) is 7.11 Å². The number of pyridine rings is 1. The molecule has 1 atom stereocenters. The van der Waals surface area contributed by atoms with Crippen molar-refractivity contribution in [3.8, 4) is 11.8 Å². The number of rotatable bonds is 6. The molecule has 0 aliphatic rings. The van der Waals surface area contributed by atoms with Gasteiger partial charge in [-0.1, -0.05) is 13.8 Å². The monoisotopic (exact) mass is 440 g/mol. The minimum Gasteiger partial charge on any atom is -0.496 e. The number of aryl methyl sites for hydroxylation is 1. The Hall–Kier alpha value is -2.86. The number of halogens is 4. The molecule has 0 saturated heterocycles. The van der Waals surface area contributed by atoms with Crippen molar-refractivity contribution in [3.05, 3.63) is 62.3 Å². The maximum Gasteiger partial charge on any atom is 0.417 e. The highest BCUT2D eigenvalue weighted by molar-refractivity contribution is 5.44. The van der Waals surface area contributed by atoms with E-state index in [4.69, 9.17) is 4.74 Å². The molecule has 1 aromatic carbocycles. The number of methoxy groups -OCH3 is 1. The minimum atomic E-state index is -5.05. The van der Waals surface area contributed by atoms with Gasteiger partial charge in [0.2, 0.25) is 0 Å². The van der Waals surface area contributed by atoms with Crippen LogP contribution in [0.5, 0.6) is 5.75 Å². The van der Waals surface area contributed by atoms with E-state index >= 15 is 0 Å². The number of hydrogen-bond donors (Lipinski definition) is 2. The van der Waals surface area contributed by atoms with E-state index in [1.54, 1.807) is 6.07 Å². The van der Waals surface area contributed by atoms with Crippen LogP contribution in [-0.2, 0) is 11.8 Å². The Morgan fingerprint density at radius 3 is 2.35 bits per heavy atom. The lowest BCUT2D eigenvalue weighted by Gasteiger charge is -2.39. The van der Waals surface area contributed by atoms with Gasteiger partial charge in [0, 0.05) is 17.7 Å². The summed E-state index contributed by atoms with van der Waals surface area (Å²) in [4.78, 5) is 14.3. The maximum absolute atomic E-state index is 14.1. The molecule has 0 radical (unpaired) electrons. The third-order valence-corrected chi connectivity index (χ3v) is 5.54. The number of aromatic nitrogens is 1. The highest BCUT2D eigenvalue weighted by Gasteiger charge is 2.56. The first-order valence-electron chi connectivity index (χ1n) is 9.42. The Morgan fingerprint density at radius 2 is 1.84 bits per heavy atom. The number of ether oxygens (including phenoxy) is 1. The van der Waals surface area contributed by atoms with Crippen LogP contribution in [0.15, 0.2) is 23.0 Å². The fraction of sp³-hybridized carbons (Fsp3) is 0.455. The highest BCUT2D eigenvalue weighted by Crippen LogP contribution is 2.45. The summed E-state index contributed by atoms with van der Waals surface area (Å²) in [6.45, 7) is 5.68. The van der Waals surface area contributed by atoms with Crippen molar-refractivity contribution in [2.24, 2.45) is 0 Å². The molecule has 0 saturated carbocycles. The Labute approximate surface area is 177 Å². The van der Waals surface area contributed by atoms with Crippen LogP contribution in [0, 0.1) is 31.0 Å². The van der Waals surface area contributed by atoms with Gasteiger partial charge >= 0.3 is 6.18 Å². The summed E-state index contributed by atoms with van der Waals surface area (Å²) in [7, 11) is 1.32. The lowest BCUT2D eigenvalue weighted by atomic mass is 9.72. The molecule has 1 heterocycles. The van der Waals surface area contributed by atoms with E-state index in [1.807, 2.05) is 0 Å². The standard InChI is InChI=1S/C22H24F4N2O3/c1-12-15(13(2)28-19(29)16(12)10-27)9-21(30,22(24,25)26)11-20(3,4)17-8-14(23)6-7-18(17)31-5/h6-8,30H,9,11H2,1-5H3,(H,28,29). The van der Waals surface area contributed by atoms with E-state index in [9.17, 15) is 32.7 Å². The molecule has 0 fully saturated rings. The summed E-state index contributed by atoms with van der Waals surface area (Å²) in [6, 6.07) is 5.21. The van der Waals surface area contributed by atoms with Gasteiger partial charge in [-0.15, -0.1) is 0 Å². The predicted molar refractivity (Wildman–Crippen MR) is 107 cm³/mol. The van der Waals surface area contributed by atoms with Gasteiger partial charge in [-0.25, -0.2) is 4.39 Å². The molecule has 168 valence electrons. The van der Waals surface area contributed by atoms with Crippen molar-refractivity contribution in [1.82, 2.24) is 4.98 Å². The quantitative estimate of drug-likeness (QED) is 0.659. The number of nitriles is 1. The van der Waals surface area contributed by atoms with Gasteiger partial charge in [-0.05, 0) is 55.0 Å². The van der Waals surface area contributed by atoms with Gasteiger partial charge in [-0.3, -0.25) is 4.79 Å². The van der Waals surface area contributed by atoms with Gasteiger partial charge in [0.1, 0.15) is 23.2 Å². The molecule has 2 aromatic rings. The zero-order valence-corrected chi connectivity index (χ0v) is 17.9. The summed E-state index contributed by atoms with van der Waals surface area (Å²) in [5.74, 6) is -0.454. The van der Waals surface area contributed by atoms with Gasteiger partial charge in [0.25, 0.3) is 5.56 Å². The second-order valence-corrected chi connectivity index (χ2v) is 8.28. The van der Waals surface area contributed by atoms with Crippen LogP contribution in [0.2, 0.25) is 0 Å². The van der Waals surface area contributed by atoms with Crippen LogP contribution < -0.4 is 10.3 Å². The van der Waals surface area contributed by atoms with E-state index in [2.05, 4.69) is 4.98 Å². The summed E-state index contributed by atoms with van der Waals surface area (Å²) < 4.78 is 61.4. The average molecular weight is 440 g/mol. The van der Waals surface area contributed by atoms with E-state index in [0.717, 1.165) is 12.1 Å². The number of H-pyrrole nitrogens is 1. The Balaban J connectivity index is 2.61. The molecule has 0 aliphatic heterocycles. The van der Waals surface area contributed by atoms with Gasteiger partial charge in [-0.2, -0.15) is 18.4 Å². The molecule has 5 nitrogen and oxygen atoms in total. The molecule has 0 spiro atoms. The number of nitrogens with one attached hydrogen (secondary N) is 1. The van der Waals surface area contributed by atoms with Crippen LogP contribution in [0.25, 0.3) is 0 Å². The Kier molecular flexibility index (Phi) is 6.57. The van der Waals surface area contributed by atoms with Crippen molar-refractivity contribution in [3.63, 3.8) is 0 Å². The summed E-state index contributed by atoms with van der Waals surface area (Å²) >= 11 is 0. The first kappa shape index (κ1) is 24.4. The van der Waals surface area contributed by atoms with E-state index in [1.165, 1.54) is 40.9 Å². The van der Waals surface area contributed by atoms with Crippen molar-refractivity contribution >= 4 is 0 Å².